The number of nitrogens with one attached hydrogen (secondary N) is 1. The highest BCUT2D eigenvalue weighted by atomic mass is 19.1. The zero-order valence-corrected chi connectivity index (χ0v) is 15.1. The van der Waals surface area contributed by atoms with E-state index in [-0.39, 0.29) is 11.6 Å². The Hall–Kier alpha value is -2.78. The van der Waals surface area contributed by atoms with E-state index in [1.165, 1.54) is 11.6 Å². The molecule has 136 valence electrons. The Morgan fingerprint density at radius 3 is 2.37 bits per heavy atom. The van der Waals surface area contributed by atoms with Crippen LogP contribution >= 0.6 is 0 Å². The van der Waals surface area contributed by atoms with Gasteiger partial charge in [0.25, 0.3) is 0 Å². The topological polar surface area (TPSA) is 29.1 Å². The van der Waals surface area contributed by atoms with Crippen molar-refractivity contribution in [1.82, 2.24) is 5.32 Å². The summed E-state index contributed by atoms with van der Waals surface area (Å²) in [6, 6.07) is 25.0. The van der Waals surface area contributed by atoms with Crippen LogP contribution < -0.4 is 5.32 Å². The van der Waals surface area contributed by atoms with Crippen molar-refractivity contribution in [1.29, 1.82) is 0 Å². The summed E-state index contributed by atoms with van der Waals surface area (Å²) >= 11 is 0. The first-order valence-electron chi connectivity index (χ1n) is 9.34. The molecule has 4 rings (SSSR count). The van der Waals surface area contributed by atoms with Gasteiger partial charge in [0.05, 0.1) is 0 Å². The van der Waals surface area contributed by atoms with Gasteiger partial charge in [0.2, 0.25) is 0 Å². The largest absolute Gasteiger partial charge is 0.309 e. The van der Waals surface area contributed by atoms with Crippen LogP contribution in [-0.4, -0.2) is 11.8 Å². The van der Waals surface area contributed by atoms with Crippen molar-refractivity contribution in [3.05, 3.63) is 107 Å². The first-order chi connectivity index (χ1) is 13.2. The van der Waals surface area contributed by atoms with Gasteiger partial charge in [0.1, 0.15) is 5.82 Å². The Bertz CT molecular complexity index is 921. The molecule has 1 aliphatic carbocycles. The molecule has 0 aliphatic heterocycles. The van der Waals surface area contributed by atoms with E-state index in [4.69, 9.17) is 0 Å². The molecule has 2 unspecified atom stereocenters. The van der Waals surface area contributed by atoms with Crippen LogP contribution in [0.5, 0.6) is 0 Å². The summed E-state index contributed by atoms with van der Waals surface area (Å²) < 4.78 is 13.7. The molecule has 3 aromatic rings. The summed E-state index contributed by atoms with van der Waals surface area (Å²) in [5.74, 6) is 0.449. The second-order valence-corrected chi connectivity index (χ2v) is 7.13. The number of halogens is 1. The average Bonchev–Trinajstić information content (AvgIpc) is 3.48. The molecular formula is C24H22FNO. The summed E-state index contributed by atoms with van der Waals surface area (Å²) in [4.78, 5) is 12.3. The van der Waals surface area contributed by atoms with Gasteiger partial charge in [-0.25, -0.2) is 4.39 Å². The van der Waals surface area contributed by atoms with Crippen molar-refractivity contribution in [2.24, 2.45) is 0 Å². The number of hydrogen-bond acceptors (Lipinski definition) is 2. The third-order valence-corrected chi connectivity index (χ3v) is 5.17. The molecule has 3 aromatic carbocycles. The standard InChI is InChI=1S/C24H22FNO/c25-22-9-5-4-8-20(22)16-26-23-15-21(23)18-12-10-17(11-13-18)14-24(27)19-6-2-1-3-7-19/h1-13,21,23,26H,14-16H2. The molecule has 2 nitrogen and oxygen atoms in total. The fraction of sp³-hybridized carbons (Fsp3) is 0.208. The zero-order chi connectivity index (χ0) is 18.6. The fourth-order valence-electron chi connectivity index (χ4n) is 3.47. The van der Waals surface area contributed by atoms with E-state index in [1.807, 2.05) is 54.6 Å². The number of hydrogen-bond donors (Lipinski definition) is 1. The summed E-state index contributed by atoms with van der Waals surface area (Å²) in [7, 11) is 0. The molecule has 1 aliphatic rings. The zero-order valence-electron chi connectivity index (χ0n) is 15.1. The van der Waals surface area contributed by atoms with E-state index in [0.29, 0.717) is 30.5 Å². The van der Waals surface area contributed by atoms with Crippen LogP contribution in [0.4, 0.5) is 4.39 Å². The molecule has 0 radical (unpaired) electrons. The van der Waals surface area contributed by atoms with Crippen molar-refractivity contribution in [2.75, 3.05) is 0 Å². The number of carbonyl (C=O) groups is 1. The van der Waals surface area contributed by atoms with Gasteiger partial charge >= 0.3 is 0 Å². The molecule has 2 atom stereocenters. The first-order valence-corrected chi connectivity index (χ1v) is 9.34. The summed E-state index contributed by atoms with van der Waals surface area (Å²) in [5.41, 5.74) is 3.76. The predicted molar refractivity (Wildman–Crippen MR) is 105 cm³/mol. The number of carbonyl (C=O) groups excluding carboxylic acids is 1. The van der Waals surface area contributed by atoms with Gasteiger partial charge in [-0.2, -0.15) is 0 Å². The molecule has 0 spiro atoms. The molecule has 27 heavy (non-hydrogen) atoms. The maximum atomic E-state index is 13.7. The minimum atomic E-state index is -0.158. The number of Topliss-reactive ketones (excluding diaryl/α,β-unsaturated/α-hetero) is 1. The normalized spacial score (nSPS) is 18.3. The highest BCUT2D eigenvalue weighted by molar-refractivity contribution is 5.97. The Morgan fingerprint density at radius 2 is 1.63 bits per heavy atom. The van der Waals surface area contributed by atoms with Crippen molar-refractivity contribution in [3.8, 4) is 0 Å². The number of ketones is 1. The smallest absolute Gasteiger partial charge is 0.167 e. The molecule has 1 N–H and O–H groups in total. The Kier molecular flexibility index (Phi) is 5.12. The third-order valence-electron chi connectivity index (χ3n) is 5.17. The van der Waals surface area contributed by atoms with E-state index < -0.39 is 0 Å². The second-order valence-electron chi connectivity index (χ2n) is 7.13. The molecule has 0 saturated heterocycles. The Labute approximate surface area is 159 Å². The van der Waals surface area contributed by atoms with Crippen LogP contribution in [0.25, 0.3) is 0 Å². The maximum absolute atomic E-state index is 13.7. The van der Waals surface area contributed by atoms with Crippen LogP contribution in [0.2, 0.25) is 0 Å². The van der Waals surface area contributed by atoms with Crippen LogP contribution in [-0.2, 0) is 13.0 Å². The van der Waals surface area contributed by atoms with Crippen LogP contribution in [0.1, 0.15) is 39.4 Å². The molecule has 0 bridgehead atoms. The quantitative estimate of drug-likeness (QED) is 0.608. The van der Waals surface area contributed by atoms with E-state index in [9.17, 15) is 9.18 Å². The summed E-state index contributed by atoms with van der Waals surface area (Å²) in [5, 5.41) is 3.44. The molecule has 3 heteroatoms. The molecule has 0 heterocycles. The minimum Gasteiger partial charge on any atom is -0.309 e. The number of rotatable bonds is 7. The van der Waals surface area contributed by atoms with Gasteiger partial charge in [-0.05, 0) is 23.6 Å². The lowest BCUT2D eigenvalue weighted by Crippen LogP contribution is -2.18. The molecule has 0 aromatic heterocycles. The highest BCUT2D eigenvalue weighted by Crippen LogP contribution is 2.41. The fourth-order valence-corrected chi connectivity index (χ4v) is 3.47. The van der Waals surface area contributed by atoms with Gasteiger partial charge in [0, 0.05) is 36.1 Å². The SMILES string of the molecule is O=C(Cc1ccc(C2CC2NCc2ccccc2F)cc1)c1ccccc1. The van der Waals surface area contributed by atoms with Gasteiger partial charge < -0.3 is 5.32 Å². The van der Waals surface area contributed by atoms with E-state index >= 15 is 0 Å². The van der Waals surface area contributed by atoms with Gasteiger partial charge in [-0.1, -0.05) is 72.8 Å². The average molecular weight is 359 g/mol. The second kappa shape index (κ2) is 7.85. The van der Waals surface area contributed by atoms with Crippen LogP contribution in [0.15, 0.2) is 78.9 Å². The molecule has 1 fully saturated rings. The first kappa shape index (κ1) is 17.6. The minimum absolute atomic E-state index is 0.138. The van der Waals surface area contributed by atoms with Crippen molar-refractivity contribution < 1.29 is 9.18 Å². The van der Waals surface area contributed by atoms with Crippen molar-refractivity contribution in [3.63, 3.8) is 0 Å². The molecule has 1 saturated carbocycles. The lowest BCUT2D eigenvalue weighted by molar-refractivity contribution is 0.0993. The van der Waals surface area contributed by atoms with Crippen molar-refractivity contribution in [2.45, 2.75) is 31.3 Å². The van der Waals surface area contributed by atoms with Crippen LogP contribution in [0.3, 0.4) is 0 Å². The third kappa shape index (κ3) is 4.32. The lowest BCUT2D eigenvalue weighted by atomic mass is 10.0. The van der Waals surface area contributed by atoms with Gasteiger partial charge in [-0.3, -0.25) is 4.79 Å². The van der Waals surface area contributed by atoms with Crippen molar-refractivity contribution >= 4 is 5.78 Å². The highest BCUT2D eigenvalue weighted by Gasteiger charge is 2.37. The Morgan fingerprint density at radius 1 is 0.926 bits per heavy atom. The number of benzene rings is 3. The molecular weight excluding hydrogens is 337 g/mol. The van der Waals surface area contributed by atoms with E-state index in [2.05, 4.69) is 17.4 Å². The van der Waals surface area contributed by atoms with E-state index in [1.54, 1.807) is 6.07 Å². The Balaban J connectivity index is 1.31. The predicted octanol–water partition coefficient (Wildman–Crippen LogP) is 4.90. The van der Waals surface area contributed by atoms with Gasteiger partial charge in [-0.15, -0.1) is 0 Å². The monoisotopic (exact) mass is 359 g/mol. The molecule has 0 amide bonds. The summed E-state index contributed by atoms with van der Waals surface area (Å²) in [6.45, 7) is 0.553. The van der Waals surface area contributed by atoms with Crippen LogP contribution in [0, 0.1) is 5.82 Å². The van der Waals surface area contributed by atoms with Gasteiger partial charge in [0.15, 0.2) is 5.78 Å². The van der Waals surface area contributed by atoms with E-state index in [0.717, 1.165) is 17.5 Å². The lowest BCUT2D eigenvalue weighted by Gasteiger charge is -2.07. The summed E-state index contributed by atoms with van der Waals surface area (Å²) in [6.07, 6.45) is 1.49. The maximum Gasteiger partial charge on any atom is 0.167 e.